The third-order valence-corrected chi connectivity index (χ3v) is 6.11. The van der Waals surface area contributed by atoms with Crippen LogP contribution in [-0.4, -0.2) is 28.8 Å². The van der Waals surface area contributed by atoms with Crippen molar-refractivity contribution in [2.24, 2.45) is 0 Å². The molecule has 1 atom stereocenters. The van der Waals surface area contributed by atoms with Crippen molar-refractivity contribution in [2.45, 2.75) is 12.6 Å². The zero-order chi connectivity index (χ0) is 21.3. The molecular weight excluding hydrogens is 422 g/mol. The molecule has 7 heteroatoms. The number of nitrogens with zero attached hydrogens (tertiary/aromatic N) is 1. The largest absolute Gasteiger partial charge is 0.507 e. The second-order valence-corrected chi connectivity index (χ2v) is 8.26. The Morgan fingerprint density at radius 1 is 1.10 bits per heavy atom. The third-order valence-electron chi connectivity index (χ3n) is 5.00. The number of thiophene rings is 1. The van der Waals surface area contributed by atoms with E-state index in [-0.39, 0.29) is 17.9 Å². The molecule has 0 spiro atoms. The van der Waals surface area contributed by atoms with E-state index in [0.29, 0.717) is 21.9 Å². The van der Waals surface area contributed by atoms with E-state index in [2.05, 4.69) is 0 Å². The number of likely N-dealkylation sites (tertiary alicyclic amines) is 1. The molecule has 1 aliphatic rings. The second kappa shape index (κ2) is 8.34. The number of ketones is 1. The second-order valence-electron chi connectivity index (χ2n) is 6.79. The molecule has 1 aliphatic heterocycles. The number of carbonyl (C=O) groups excluding carboxylic acids is 2. The fraction of sp³-hybridized carbons (Fsp3) is 0.130. The van der Waals surface area contributed by atoms with E-state index < -0.39 is 17.7 Å². The van der Waals surface area contributed by atoms with Crippen molar-refractivity contribution >= 4 is 40.4 Å². The lowest BCUT2D eigenvalue weighted by atomic mass is 9.95. The van der Waals surface area contributed by atoms with E-state index in [1.165, 1.54) is 16.2 Å². The Morgan fingerprint density at radius 2 is 1.80 bits per heavy atom. The number of hydrogen-bond donors (Lipinski definition) is 1. The number of aliphatic hydroxyl groups is 1. The lowest BCUT2D eigenvalue weighted by Gasteiger charge is -2.25. The Balaban J connectivity index is 1.84. The summed E-state index contributed by atoms with van der Waals surface area (Å²) in [4.78, 5) is 28.3. The van der Waals surface area contributed by atoms with Crippen molar-refractivity contribution in [2.75, 3.05) is 7.11 Å². The summed E-state index contributed by atoms with van der Waals surface area (Å²) >= 11 is 7.54. The number of halogens is 1. The summed E-state index contributed by atoms with van der Waals surface area (Å²) in [7, 11) is 1.55. The van der Waals surface area contributed by atoms with Crippen LogP contribution in [0, 0.1) is 0 Å². The maximum atomic E-state index is 13.0. The van der Waals surface area contributed by atoms with Crippen LogP contribution in [0.4, 0.5) is 0 Å². The van der Waals surface area contributed by atoms with Gasteiger partial charge in [-0.25, -0.2) is 0 Å². The lowest BCUT2D eigenvalue weighted by molar-refractivity contribution is -0.140. The molecule has 3 aromatic rings. The smallest absolute Gasteiger partial charge is 0.295 e. The van der Waals surface area contributed by atoms with Crippen molar-refractivity contribution in [3.8, 4) is 5.75 Å². The van der Waals surface area contributed by atoms with Gasteiger partial charge in [-0.15, -0.1) is 11.3 Å². The number of rotatable bonds is 5. The number of amides is 1. The Morgan fingerprint density at radius 3 is 2.40 bits per heavy atom. The van der Waals surface area contributed by atoms with Crippen LogP contribution >= 0.6 is 22.9 Å². The quantitative estimate of drug-likeness (QED) is 0.344. The van der Waals surface area contributed by atoms with Gasteiger partial charge in [0.15, 0.2) is 0 Å². The van der Waals surface area contributed by atoms with Crippen LogP contribution in [0.25, 0.3) is 5.76 Å². The first-order valence-electron chi connectivity index (χ1n) is 9.20. The highest BCUT2D eigenvalue weighted by atomic mass is 35.5. The van der Waals surface area contributed by atoms with Crippen molar-refractivity contribution in [3.05, 3.63) is 92.6 Å². The van der Waals surface area contributed by atoms with Crippen molar-refractivity contribution in [1.29, 1.82) is 0 Å². The SMILES string of the molecule is COc1ccc(/C(O)=C2\C(=O)C(=O)N(Cc3cccs3)C2c2ccc(Cl)cc2)cc1. The summed E-state index contributed by atoms with van der Waals surface area (Å²) in [5, 5.41) is 13.5. The summed E-state index contributed by atoms with van der Waals surface area (Å²) in [5.41, 5.74) is 1.19. The van der Waals surface area contributed by atoms with Crippen molar-refractivity contribution < 1.29 is 19.4 Å². The number of methoxy groups -OCH3 is 1. The van der Waals surface area contributed by atoms with Crippen LogP contribution in [-0.2, 0) is 16.1 Å². The molecule has 1 N–H and O–H groups in total. The Labute approximate surface area is 182 Å². The summed E-state index contributed by atoms with van der Waals surface area (Å²) in [5.74, 6) is -0.943. The van der Waals surface area contributed by atoms with Crippen LogP contribution in [0.15, 0.2) is 71.6 Å². The van der Waals surface area contributed by atoms with E-state index in [1.807, 2.05) is 17.5 Å². The topological polar surface area (TPSA) is 66.8 Å². The molecule has 2 heterocycles. The van der Waals surface area contributed by atoms with Gasteiger partial charge >= 0.3 is 0 Å². The number of carbonyl (C=O) groups is 2. The number of Topliss-reactive ketones (excluding diaryl/α,β-unsaturated/α-hetero) is 1. The van der Waals surface area contributed by atoms with Crippen LogP contribution < -0.4 is 4.74 Å². The van der Waals surface area contributed by atoms with Crippen molar-refractivity contribution in [1.82, 2.24) is 4.90 Å². The number of ether oxygens (including phenoxy) is 1. The molecule has 1 aromatic heterocycles. The molecule has 1 fully saturated rings. The maximum absolute atomic E-state index is 13.0. The van der Waals surface area contributed by atoms with Gasteiger partial charge in [0.1, 0.15) is 11.5 Å². The highest BCUT2D eigenvalue weighted by Gasteiger charge is 2.46. The molecule has 0 saturated carbocycles. The van der Waals surface area contributed by atoms with E-state index in [1.54, 1.807) is 55.6 Å². The predicted octanol–water partition coefficient (Wildman–Crippen LogP) is 5.03. The average Bonchev–Trinajstić information content (AvgIpc) is 3.36. The molecular formula is C23H18ClNO4S. The number of hydrogen-bond acceptors (Lipinski definition) is 5. The van der Waals surface area contributed by atoms with Gasteiger partial charge in [-0.2, -0.15) is 0 Å². The monoisotopic (exact) mass is 439 g/mol. The van der Waals surface area contributed by atoms with Crippen LogP contribution in [0.1, 0.15) is 22.0 Å². The zero-order valence-corrected chi connectivity index (χ0v) is 17.6. The first-order valence-corrected chi connectivity index (χ1v) is 10.5. The molecule has 1 saturated heterocycles. The standard InChI is InChI=1S/C23H18ClNO4S/c1-29-17-10-6-15(7-11-17)21(26)19-20(14-4-8-16(24)9-5-14)25(23(28)22(19)27)13-18-3-2-12-30-18/h2-12,20,26H,13H2,1H3/b21-19+. The minimum Gasteiger partial charge on any atom is -0.507 e. The molecule has 0 aliphatic carbocycles. The highest BCUT2D eigenvalue weighted by Crippen LogP contribution is 2.41. The molecule has 1 amide bonds. The fourth-order valence-electron chi connectivity index (χ4n) is 3.51. The van der Waals surface area contributed by atoms with Crippen LogP contribution in [0.5, 0.6) is 5.75 Å². The van der Waals surface area contributed by atoms with Crippen LogP contribution in [0.2, 0.25) is 5.02 Å². The lowest BCUT2D eigenvalue weighted by Crippen LogP contribution is -2.28. The molecule has 0 bridgehead atoms. The molecule has 152 valence electrons. The van der Waals surface area contributed by atoms with Crippen LogP contribution in [0.3, 0.4) is 0 Å². The zero-order valence-electron chi connectivity index (χ0n) is 16.0. The summed E-state index contributed by atoms with van der Waals surface area (Å²) in [6.45, 7) is 0.273. The van der Waals surface area contributed by atoms with Gasteiger partial charge in [-0.3, -0.25) is 9.59 Å². The normalized spacial score (nSPS) is 18.1. The van der Waals surface area contributed by atoms with Gasteiger partial charge in [0.25, 0.3) is 11.7 Å². The van der Waals surface area contributed by atoms with Gasteiger partial charge in [0.2, 0.25) is 0 Å². The Kier molecular flexibility index (Phi) is 5.61. The first kappa shape index (κ1) is 20.2. The average molecular weight is 440 g/mol. The highest BCUT2D eigenvalue weighted by molar-refractivity contribution is 7.09. The Bertz CT molecular complexity index is 1110. The minimum absolute atomic E-state index is 0.0593. The number of aliphatic hydroxyl groups excluding tert-OH is 1. The first-order chi connectivity index (χ1) is 14.5. The summed E-state index contributed by atoms with van der Waals surface area (Å²) in [6, 6.07) is 16.7. The molecule has 1 unspecified atom stereocenters. The fourth-order valence-corrected chi connectivity index (χ4v) is 4.34. The Hall–Kier alpha value is -3.09. The van der Waals surface area contributed by atoms with Gasteiger partial charge in [0.05, 0.1) is 25.3 Å². The molecule has 0 radical (unpaired) electrons. The van der Waals surface area contributed by atoms with E-state index in [0.717, 1.165) is 4.88 Å². The molecule has 5 nitrogen and oxygen atoms in total. The van der Waals surface area contributed by atoms with Gasteiger partial charge in [-0.05, 0) is 53.4 Å². The minimum atomic E-state index is -0.716. The summed E-state index contributed by atoms with van der Waals surface area (Å²) < 4.78 is 5.15. The van der Waals surface area contributed by atoms with E-state index >= 15 is 0 Å². The summed E-state index contributed by atoms with van der Waals surface area (Å²) in [6.07, 6.45) is 0. The molecule has 4 rings (SSSR count). The van der Waals surface area contributed by atoms with E-state index in [9.17, 15) is 14.7 Å². The van der Waals surface area contributed by atoms with Gasteiger partial charge in [-0.1, -0.05) is 29.8 Å². The number of benzene rings is 2. The predicted molar refractivity (Wildman–Crippen MR) is 117 cm³/mol. The maximum Gasteiger partial charge on any atom is 0.295 e. The molecule has 30 heavy (non-hydrogen) atoms. The van der Waals surface area contributed by atoms with Gasteiger partial charge < -0.3 is 14.7 Å². The van der Waals surface area contributed by atoms with Crippen molar-refractivity contribution in [3.63, 3.8) is 0 Å². The molecule has 2 aromatic carbocycles. The third kappa shape index (κ3) is 3.72. The van der Waals surface area contributed by atoms with Gasteiger partial charge in [0, 0.05) is 15.5 Å². The van der Waals surface area contributed by atoms with E-state index in [4.69, 9.17) is 16.3 Å².